The standard InChI is InChI=1S/C20H15N5S/c1-2-4-13(5-3-1)8-17-25-18-19(22-12-23-20(18)26-17)24-16-7-6-14-10-21-11-15(14)9-16/h1-7,9,11-12H,8,10H2,(H,22,23,24). The first-order valence-corrected chi connectivity index (χ1v) is 9.21. The maximum Gasteiger partial charge on any atom is 0.161 e. The number of nitrogens with zero attached hydrogens (tertiary/aromatic N) is 4. The van der Waals surface area contributed by atoms with Crippen LogP contribution in [0.15, 0.2) is 59.9 Å². The highest BCUT2D eigenvalue weighted by molar-refractivity contribution is 7.18. The lowest BCUT2D eigenvalue weighted by molar-refractivity contribution is 1.11. The van der Waals surface area contributed by atoms with Gasteiger partial charge in [-0.2, -0.15) is 0 Å². The fourth-order valence-electron chi connectivity index (χ4n) is 3.05. The van der Waals surface area contributed by atoms with Gasteiger partial charge in [0.05, 0.1) is 11.6 Å². The van der Waals surface area contributed by atoms with E-state index in [1.54, 1.807) is 17.7 Å². The quantitative estimate of drug-likeness (QED) is 0.590. The molecule has 6 heteroatoms. The van der Waals surface area contributed by atoms with Crippen molar-refractivity contribution in [2.75, 3.05) is 5.32 Å². The lowest BCUT2D eigenvalue weighted by Crippen LogP contribution is -1.97. The number of anilines is 2. The number of rotatable bonds is 4. The SMILES string of the molecule is C1=NCc2ccc(Nc3ncnc4sc(Cc5ccccc5)nc34)cc21. The van der Waals surface area contributed by atoms with E-state index in [-0.39, 0.29) is 0 Å². The Morgan fingerprint density at radius 3 is 2.88 bits per heavy atom. The normalized spacial score (nSPS) is 12.5. The largest absolute Gasteiger partial charge is 0.338 e. The molecule has 1 aliphatic heterocycles. The average Bonchev–Trinajstić information content (AvgIpc) is 3.29. The number of fused-ring (bicyclic) bond motifs is 2. The number of benzene rings is 2. The molecular formula is C20H15N5S. The summed E-state index contributed by atoms with van der Waals surface area (Å²) in [7, 11) is 0. The van der Waals surface area contributed by atoms with Crippen LogP contribution in [0.4, 0.5) is 11.5 Å². The Morgan fingerprint density at radius 1 is 1.04 bits per heavy atom. The number of hydrogen-bond donors (Lipinski definition) is 1. The maximum absolute atomic E-state index is 4.78. The third kappa shape index (κ3) is 2.84. The molecule has 0 fully saturated rings. The minimum absolute atomic E-state index is 0.737. The fraction of sp³-hybridized carbons (Fsp3) is 0.100. The van der Waals surface area contributed by atoms with E-state index in [4.69, 9.17) is 4.98 Å². The van der Waals surface area contributed by atoms with E-state index in [1.165, 1.54) is 11.1 Å². The number of hydrogen-bond acceptors (Lipinski definition) is 6. The van der Waals surface area contributed by atoms with Gasteiger partial charge in [0.2, 0.25) is 0 Å². The summed E-state index contributed by atoms with van der Waals surface area (Å²) in [6, 6.07) is 16.6. The molecule has 3 heterocycles. The molecule has 5 rings (SSSR count). The second kappa shape index (κ2) is 6.31. The van der Waals surface area contributed by atoms with Gasteiger partial charge in [0.1, 0.15) is 16.7 Å². The molecule has 5 nitrogen and oxygen atoms in total. The van der Waals surface area contributed by atoms with E-state index in [0.717, 1.165) is 45.4 Å². The maximum atomic E-state index is 4.78. The molecular weight excluding hydrogens is 342 g/mol. The zero-order valence-electron chi connectivity index (χ0n) is 13.9. The summed E-state index contributed by atoms with van der Waals surface area (Å²) in [4.78, 5) is 18.8. The molecule has 1 N–H and O–H groups in total. The molecule has 126 valence electrons. The van der Waals surface area contributed by atoms with Crippen LogP contribution in [-0.4, -0.2) is 21.2 Å². The molecule has 4 aromatic rings. The second-order valence-corrected chi connectivity index (χ2v) is 7.22. The van der Waals surface area contributed by atoms with Crippen LogP contribution in [0.3, 0.4) is 0 Å². The first-order chi connectivity index (χ1) is 12.8. The smallest absolute Gasteiger partial charge is 0.161 e. The van der Waals surface area contributed by atoms with Gasteiger partial charge in [-0.3, -0.25) is 4.99 Å². The topological polar surface area (TPSA) is 63.1 Å². The van der Waals surface area contributed by atoms with Crippen LogP contribution in [0, 0.1) is 0 Å². The van der Waals surface area contributed by atoms with E-state index in [0.29, 0.717) is 0 Å². The zero-order chi connectivity index (χ0) is 17.3. The Hall–Kier alpha value is -3.12. The number of thiazole rings is 1. The van der Waals surface area contributed by atoms with Crippen LogP contribution in [0.25, 0.3) is 10.3 Å². The van der Waals surface area contributed by atoms with Crippen molar-refractivity contribution >= 4 is 39.4 Å². The highest BCUT2D eigenvalue weighted by atomic mass is 32.1. The summed E-state index contributed by atoms with van der Waals surface area (Å²) in [5.74, 6) is 0.737. The average molecular weight is 357 g/mol. The molecule has 0 radical (unpaired) electrons. The molecule has 2 aromatic carbocycles. The Labute approximate surface area is 154 Å². The van der Waals surface area contributed by atoms with Crippen LogP contribution in [0.5, 0.6) is 0 Å². The van der Waals surface area contributed by atoms with Crippen LogP contribution < -0.4 is 5.32 Å². The van der Waals surface area contributed by atoms with Gasteiger partial charge in [-0.25, -0.2) is 15.0 Å². The van der Waals surface area contributed by atoms with Crippen molar-refractivity contribution < 1.29 is 0 Å². The van der Waals surface area contributed by atoms with Crippen molar-refractivity contribution in [3.05, 3.63) is 76.6 Å². The molecule has 0 saturated carbocycles. The van der Waals surface area contributed by atoms with E-state index < -0.39 is 0 Å². The van der Waals surface area contributed by atoms with Gasteiger partial charge in [0.15, 0.2) is 5.82 Å². The van der Waals surface area contributed by atoms with Crippen LogP contribution >= 0.6 is 11.3 Å². The Kier molecular flexibility index (Phi) is 3.68. The number of nitrogens with one attached hydrogen (secondary N) is 1. The molecule has 0 aliphatic carbocycles. The summed E-state index contributed by atoms with van der Waals surface area (Å²) >= 11 is 1.61. The number of aromatic nitrogens is 3. The molecule has 1 aliphatic rings. The third-order valence-electron chi connectivity index (χ3n) is 4.34. The molecule has 0 bridgehead atoms. The summed E-state index contributed by atoms with van der Waals surface area (Å²) in [5, 5.41) is 4.42. The van der Waals surface area contributed by atoms with Crippen molar-refractivity contribution in [2.45, 2.75) is 13.0 Å². The van der Waals surface area contributed by atoms with Gasteiger partial charge in [-0.05, 0) is 28.8 Å². The van der Waals surface area contributed by atoms with Crippen molar-refractivity contribution in [1.82, 2.24) is 15.0 Å². The highest BCUT2D eigenvalue weighted by Gasteiger charge is 2.13. The minimum Gasteiger partial charge on any atom is -0.338 e. The Morgan fingerprint density at radius 2 is 1.96 bits per heavy atom. The lowest BCUT2D eigenvalue weighted by atomic mass is 10.1. The summed E-state index contributed by atoms with van der Waals surface area (Å²) in [6.45, 7) is 0.766. The van der Waals surface area contributed by atoms with E-state index in [9.17, 15) is 0 Å². The fourth-order valence-corrected chi connectivity index (χ4v) is 3.99. The van der Waals surface area contributed by atoms with Gasteiger partial charge in [-0.15, -0.1) is 0 Å². The van der Waals surface area contributed by atoms with Gasteiger partial charge < -0.3 is 5.32 Å². The third-order valence-corrected chi connectivity index (χ3v) is 5.30. The van der Waals surface area contributed by atoms with E-state index >= 15 is 0 Å². The van der Waals surface area contributed by atoms with Crippen LogP contribution in [0.1, 0.15) is 21.7 Å². The molecule has 0 amide bonds. The summed E-state index contributed by atoms with van der Waals surface area (Å²) < 4.78 is 0. The first kappa shape index (κ1) is 15.2. The van der Waals surface area contributed by atoms with Gasteiger partial charge >= 0.3 is 0 Å². The molecule has 0 atom stereocenters. The zero-order valence-corrected chi connectivity index (χ0v) is 14.7. The molecule has 0 unspecified atom stereocenters. The highest BCUT2D eigenvalue weighted by Crippen LogP contribution is 2.29. The molecule has 0 saturated heterocycles. The lowest BCUT2D eigenvalue weighted by Gasteiger charge is -2.07. The van der Waals surface area contributed by atoms with Crippen molar-refractivity contribution in [3.8, 4) is 0 Å². The summed E-state index contributed by atoms with van der Waals surface area (Å²) in [6.07, 6.45) is 4.30. The minimum atomic E-state index is 0.737. The monoisotopic (exact) mass is 357 g/mol. The van der Waals surface area contributed by atoms with Crippen LogP contribution in [-0.2, 0) is 13.0 Å². The van der Waals surface area contributed by atoms with Crippen LogP contribution in [0.2, 0.25) is 0 Å². The van der Waals surface area contributed by atoms with Gasteiger partial charge in [0.25, 0.3) is 0 Å². The van der Waals surface area contributed by atoms with Crippen molar-refractivity contribution in [1.29, 1.82) is 0 Å². The van der Waals surface area contributed by atoms with Crippen molar-refractivity contribution in [2.24, 2.45) is 4.99 Å². The first-order valence-electron chi connectivity index (χ1n) is 8.39. The molecule has 26 heavy (non-hydrogen) atoms. The van der Waals surface area contributed by atoms with E-state index in [2.05, 4.69) is 50.6 Å². The second-order valence-electron chi connectivity index (χ2n) is 6.15. The predicted molar refractivity (Wildman–Crippen MR) is 105 cm³/mol. The predicted octanol–water partition coefficient (Wildman–Crippen LogP) is 4.35. The van der Waals surface area contributed by atoms with E-state index in [1.807, 2.05) is 24.4 Å². The Balaban J connectivity index is 1.47. The summed E-state index contributed by atoms with van der Waals surface area (Å²) in [5.41, 5.74) is 5.45. The van der Waals surface area contributed by atoms with Gasteiger partial charge in [-0.1, -0.05) is 47.7 Å². The number of aliphatic imine (C=N–C) groups is 1. The Bertz CT molecular complexity index is 1120. The van der Waals surface area contributed by atoms with Gasteiger partial charge in [0, 0.05) is 18.3 Å². The molecule has 2 aromatic heterocycles. The van der Waals surface area contributed by atoms with Crippen molar-refractivity contribution in [3.63, 3.8) is 0 Å². The molecule has 0 spiro atoms.